The van der Waals surface area contributed by atoms with Crippen molar-refractivity contribution >= 4 is 15.9 Å². The van der Waals surface area contributed by atoms with Gasteiger partial charge in [0.15, 0.2) is 0 Å². The Morgan fingerprint density at radius 1 is 1.26 bits per heavy atom. The number of aliphatic hydroxyl groups excluding tert-OH is 1. The van der Waals surface area contributed by atoms with Gasteiger partial charge < -0.3 is 10.0 Å². The number of hydrogen-bond donors (Lipinski definition) is 1. The first-order chi connectivity index (χ1) is 8.80. The third-order valence-electron chi connectivity index (χ3n) is 4.09. The summed E-state index contributed by atoms with van der Waals surface area (Å²) in [6.45, 7) is 3.36. The van der Waals surface area contributed by atoms with E-state index in [0.29, 0.717) is 32.5 Å². The van der Waals surface area contributed by atoms with Crippen LogP contribution in [0.3, 0.4) is 0 Å². The van der Waals surface area contributed by atoms with Crippen molar-refractivity contribution in [3.8, 4) is 0 Å². The van der Waals surface area contributed by atoms with Gasteiger partial charge >= 0.3 is 0 Å². The van der Waals surface area contributed by atoms with E-state index in [2.05, 4.69) is 0 Å². The number of carbonyl (C=O) groups is 1. The maximum Gasteiger partial charge on any atom is 0.241 e. The second kappa shape index (κ2) is 5.38. The molecule has 0 bridgehead atoms. The number of piperidine rings is 1. The number of likely N-dealkylation sites (tertiary alicyclic amines) is 1. The van der Waals surface area contributed by atoms with Crippen LogP contribution in [0.2, 0.25) is 0 Å². The van der Waals surface area contributed by atoms with E-state index in [9.17, 15) is 18.3 Å². The zero-order chi connectivity index (χ0) is 14.2. The Morgan fingerprint density at radius 2 is 1.95 bits per heavy atom. The highest BCUT2D eigenvalue weighted by Gasteiger charge is 2.40. The lowest BCUT2D eigenvalue weighted by Crippen LogP contribution is -2.52. The number of aliphatic hydroxyl groups is 1. The fraction of sp³-hybridized carbons (Fsp3) is 0.917. The number of rotatable bonds is 2. The van der Waals surface area contributed by atoms with Crippen LogP contribution >= 0.6 is 0 Å². The van der Waals surface area contributed by atoms with E-state index >= 15 is 0 Å². The van der Waals surface area contributed by atoms with Crippen molar-refractivity contribution in [3.63, 3.8) is 0 Å². The normalized spacial score (nSPS) is 33.6. The SMILES string of the molecule is CC1CN(C(=O)C2CCCN2S(C)(=O)=O)CCC1O. The molecule has 0 spiro atoms. The van der Waals surface area contributed by atoms with Crippen molar-refractivity contribution in [2.45, 2.75) is 38.3 Å². The zero-order valence-corrected chi connectivity index (χ0v) is 12.3. The van der Waals surface area contributed by atoms with E-state index in [4.69, 9.17) is 0 Å². The molecule has 2 fully saturated rings. The van der Waals surface area contributed by atoms with Gasteiger partial charge in [-0.15, -0.1) is 0 Å². The van der Waals surface area contributed by atoms with E-state index in [1.807, 2.05) is 6.92 Å². The molecule has 0 saturated carbocycles. The van der Waals surface area contributed by atoms with Gasteiger partial charge in [-0.05, 0) is 25.2 Å². The monoisotopic (exact) mass is 290 g/mol. The molecule has 2 aliphatic heterocycles. The number of hydrogen-bond acceptors (Lipinski definition) is 4. The highest BCUT2D eigenvalue weighted by molar-refractivity contribution is 7.88. The van der Waals surface area contributed by atoms with E-state index in [1.54, 1.807) is 4.90 Å². The average Bonchev–Trinajstić information content (AvgIpc) is 2.80. The van der Waals surface area contributed by atoms with Gasteiger partial charge in [0.1, 0.15) is 6.04 Å². The second-order valence-corrected chi connectivity index (χ2v) is 7.58. The fourth-order valence-corrected chi connectivity index (χ4v) is 4.05. The largest absolute Gasteiger partial charge is 0.393 e. The zero-order valence-electron chi connectivity index (χ0n) is 11.4. The third-order valence-corrected chi connectivity index (χ3v) is 5.38. The molecule has 7 heteroatoms. The quantitative estimate of drug-likeness (QED) is 0.753. The Kier molecular flexibility index (Phi) is 4.17. The predicted molar refractivity (Wildman–Crippen MR) is 70.9 cm³/mol. The Morgan fingerprint density at radius 3 is 2.53 bits per heavy atom. The molecule has 0 aromatic rings. The lowest BCUT2D eigenvalue weighted by molar-refractivity contribution is -0.138. The molecule has 2 rings (SSSR count). The van der Waals surface area contributed by atoms with E-state index in [1.165, 1.54) is 4.31 Å². The maximum absolute atomic E-state index is 12.4. The van der Waals surface area contributed by atoms with Crippen LogP contribution in [0.25, 0.3) is 0 Å². The highest BCUT2D eigenvalue weighted by atomic mass is 32.2. The fourth-order valence-electron chi connectivity index (χ4n) is 2.93. The van der Waals surface area contributed by atoms with E-state index in [0.717, 1.165) is 12.7 Å². The van der Waals surface area contributed by atoms with Crippen LogP contribution in [0.5, 0.6) is 0 Å². The minimum atomic E-state index is -3.32. The van der Waals surface area contributed by atoms with Gasteiger partial charge in [-0.25, -0.2) is 8.42 Å². The molecule has 1 N–H and O–H groups in total. The summed E-state index contributed by atoms with van der Waals surface area (Å²) >= 11 is 0. The summed E-state index contributed by atoms with van der Waals surface area (Å²) in [5.41, 5.74) is 0. The van der Waals surface area contributed by atoms with Gasteiger partial charge in [0, 0.05) is 19.6 Å². The first-order valence-corrected chi connectivity index (χ1v) is 8.59. The van der Waals surface area contributed by atoms with Crippen molar-refractivity contribution in [1.29, 1.82) is 0 Å². The van der Waals surface area contributed by atoms with E-state index in [-0.39, 0.29) is 17.9 Å². The molecule has 1 amide bonds. The molecule has 6 nitrogen and oxygen atoms in total. The molecular weight excluding hydrogens is 268 g/mol. The molecule has 0 aromatic carbocycles. The van der Waals surface area contributed by atoms with Crippen LogP contribution in [0.15, 0.2) is 0 Å². The Bertz CT molecular complexity index is 451. The summed E-state index contributed by atoms with van der Waals surface area (Å²) < 4.78 is 24.6. The van der Waals surface area contributed by atoms with Crippen LogP contribution < -0.4 is 0 Å². The highest BCUT2D eigenvalue weighted by Crippen LogP contribution is 2.25. The maximum atomic E-state index is 12.4. The minimum Gasteiger partial charge on any atom is -0.393 e. The van der Waals surface area contributed by atoms with Gasteiger partial charge in [-0.3, -0.25) is 4.79 Å². The standard InChI is InChI=1S/C12H22N2O4S/c1-9-8-13(7-5-11(9)15)12(16)10-4-3-6-14(10)19(2,17)18/h9-11,15H,3-8H2,1-2H3. The summed E-state index contributed by atoms with van der Waals surface area (Å²) in [7, 11) is -3.32. The molecule has 3 atom stereocenters. The Labute approximate surface area is 114 Å². The molecule has 19 heavy (non-hydrogen) atoms. The number of carbonyl (C=O) groups excluding carboxylic acids is 1. The Hall–Kier alpha value is -0.660. The van der Waals surface area contributed by atoms with Gasteiger partial charge in [0.25, 0.3) is 0 Å². The smallest absolute Gasteiger partial charge is 0.241 e. The summed E-state index contributed by atoms with van der Waals surface area (Å²) in [6.07, 6.45) is 2.69. The molecule has 2 saturated heterocycles. The topological polar surface area (TPSA) is 77.9 Å². The van der Waals surface area contributed by atoms with Gasteiger partial charge in [-0.1, -0.05) is 6.92 Å². The summed E-state index contributed by atoms with van der Waals surface area (Å²) in [6, 6.07) is -0.544. The molecule has 0 aromatic heterocycles. The molecule has 110 valence electrons. The van der Waals surface area contributed by atoms with Crippen molar-refractivity contribution in [2.24, 2.45) is 5.92 Å². The van der Waals surface area contributed by atoms with Crippen molar-refractivity contribution in [1.82, 2.24) is 9.21 Å². The molecule has 2 heterocycles. The van der Waals surface area contributed by atoms with E-state index < -0.39 is 16.1 Å². The second-order valence-electron chi connectivity index (χ2n) is 5.65. The molecule has 2 aliphatic rings. The first kappa shape index (κ1) is 14.7. The lowest BCUT2D eigenvalue weighted by atomic mass is 9.96. The van der Waals surface area contributed by atoms with Gasteiger partial charge in [-0.2, -0.15) is 4.31 Å². The van der Waals surface area contributed by atoms with Gasteiger partial charge in [0.2, 0.25) is 15.9 Å². The first-order valence-electron chi connectivity index (χ1n) is 6.74. The van der Waals surface area contributed by atoms with Crippen LogP contribution in [0.1, 0.15) is 26.2 Å². The number of sulfonamides is 1. The molecule has 0 aliphatic carbocycles. The summed E-state index contributed by atoms with van der Waals surface area (Å²) in [5, 5.41) is 9.68. The molecular formula is C12H22N2O4S. The van der Waals surface area contributed by atoms with Crippen LogP contribution in [0, 0.1) is 5.92 Å². The lowest BCUT2D eigenvalue weighted by Gasteiger charge is -2.36. The Balaban J connectivity index is 2.07. The van der Waals surface area contributed by atoms with Gasteiger partial charge in [0.05, 0.1) is 12.4 Å². The molecule has 0 radical (unpaired) electrons. The van der Waals surface area contributed by atoms with Crippen LogP contribution in [-0.4, -0.2) is 66.7 Å². The van der Waals surface area contributed by atoms with Crippen molar-refractivity contribution in [2.75, 3.05) is 25.9 Å². The molecule has 3 unspecified atom stereocenters. The van der Waals surface area contributed by atoms with Crippen LogP contribution in [0.4, 0.5) is 0 Å². The third kappa shape index (κ3) is 3.09. The number of amides is 1. The summed E-state index contributed by atoms with van der Waals surface area (Å²) in [5.74, 6) is -0.0625. The number of nitrogens with zero attached hydrogens (tertiary/aromatic N) is 2. The summed E-state index contributed by atoms with van der Waals surface area (Å²) in [4.78, 5) is 14.1. The van der Waals surface area contributed by atoms with Crippen LogP contribution in [-0.2, 0) is 14.8 Å². The van der Waals surface area contributed by atoms with Crippen molar-refractivity contribution < 1.29 is 18.3 Å². The predicted octanol–water partition coefficient (Wildman–Crippen LogP) is -0.360. The minimum absolute atomic E-state index is 0.0470. The van der Waals surface area contributed by atoms with Crippen molar-refractivity contribution in [3.05, 3.63) is 0 Å². The average molecular weight is 290 g/mol.